The highest BCUT2D eigenvalue weighted by molar-refractivity contribution is 6.19. The maximum Gasteiger partial charge on any atom is 0.137 e. The Labute approximate surface area is 289 Å². The zero-order valence-electron chi connectivity index (χ0n) is 27.1. The molecule has 1 aliphatic rings. The van der Waals surface area contributed by atoms with Gasteiger partial charge in [-0.05, 0) is 48.0 Å². The summed E-state index contributed by atoms with van der Waals surface area (Å²) in [5.74, 6) is 1.72. The predicted octanol–water partition coefficient (Wildman–Crippen LogP) is 9.61. The Kier molecular flexibility index (Phi) is 6.60. The van der Waals surface area contributed by atoms with Gasteiger partial charge in [0.1, 0.15) is 24.0 Å². The van der Waals surface area contributed by atoms with Crippen molar-refractivity contribution in [2.75, 3.05) is 0 Å². The molecule has 9 aromatic rings. The Bertz CT molecular complexity index is 2690. The first-order valence-electron chi connectivity index (χ1n) is 17.0. The molecule has 0 amide bonds. The number of rotatable bonds is 5. The van der Waals surface area contributed by atoms with Crippen molar-refractivity contribution in [3.63, 3.8) is 0 Å². The van der Waals surface area contributed by atoms with E-state index in [1.165, 1.54) is 32.6 Å². The van der Waals surface area contributed by atoms with Crippen LogP contribution < -0.4 is 10.6 Å². The molecule has 0 fully saturated rings. The minimum Gasteiger partial charge on any atom is -0.350 e. The second-order valence-corrected chi connectivity index (χ2v) is 12.8. The molecule has 6 nitrogen and oxygen atoms in total. The second kappa shape index (κ2) is 11.6. The first kappa shape index (κ1) is 28.5. The first-order chi connectivity index (χ1) is 24.8. The molecule has 1 aliphatic heterocycles. The smallest absolute Gasteiger partial charge is 0.137 e. The molecule has 6 heteroatoms. The van der Waals surface area contributed by atoms with E-state index in [0.29, 0.717) is 0 Å². The number of hydrogen-bond acceptors (Lipinski definition) is 4. The molecule has 2 unspecified atom stereocenters. The van der Waals surface area contributed by atoms with Crippen LogP contribution >= 0.6 is 0 Å². The highest BCUT2D eigenvalue weighted by Crippen LogP contribution is 2.39. The van der Waals surface area contributed by atoms with Crippen LogP contribution in [-0.2, 0) is 0 Å². The monoisotopic (exact) mass is 644 g/mol. The van der Waals surface area contributed by atoms with Crippen LogP contribution in [0, 0.1) is 0 Å². The summed E-state index contributed by atoms with van der Waals surface area (Å²) < 4.78 is 4.67. The molecule has 2 atom stereocenters. The van der Waals surface area contributed by atoms with Gasteiger partial charge in [-0.1, -0.05) is 121 Å². The predicted molar refractivity (Wildman–Crippen MR) is 204 cm³/mol. The number of para-hydroxylation sites is 3. The standard InChI is InChI=1S/C44H32N6/c1-4-14-29(15-5-1)42-46-43(30-16-6-2-7-17-30)48-44(47-42)31-24-25-41(45-28-31)50-38-23-13-11-21-34(38)36-26-35-33-20-10-12-22-37(33)49(39(35)27-40(36)50)32-18-8-3-9-19-32/h1-28,42,44,47H,(H,46,48). The van der Waals surface area contributed by atoms with Gasteiger partial charge >= 0.3 is 0 Å². The molecule has 4 heterocycles. The Morgan fingerprint density at radius 2 is 1.08 bits per heavy atom. The Morgan fingerprint density at radius 3 is 1.76 bits per heavy atom. The van der Waals surface area contributed by atoms with E-state index < -0.39 is 0 Å². The number of amidine groups is 1. The van der Waals surface area contributed by atoms with Crippen LogP contribution in [0.25, 0.3) is 55.1 Å². The molecule has 10 rings (SSSR count). The summed E-state index contributed by atoms with van der Waals surface area (Å²) in [4.78, 5) is 10.3. The molecule has 238 valence electrons. The average molecular weight is 645 g/mol. The molecule has 0 aliphatic carbocycles. The van der Waals surface area contributed by atoms with Crippen LogP contribution in [0.4, 0.5) is 0 Å². The van der Waals surface area contributed by atoms with Crippen molar-refractivity contribution < 1.29 is 0 Å². The van der Waals surface area contributed by atoms with Crippen molar-refractivity contribution in [2.24, 2.45) is 4.99 Å². The number of benzene rings is 6. The van der Waals surface area contributed by atoms with Crippen molar-refractivity contribution in [2.45, 2.75) is 12.3 Å². The zero-order valence-corrected chi connectivity index (χ0v) is 27.1. The van der Waals surface area contributed by atoms with Crippen LogP contribution in [0.15, 0.2) is 175 Å². The van der Waals surface area contributed by atoms with Crippen molar-refractivity contribution in [1.82, 2.24) is 24.8 Å². The zero-order chi connectivity index (χ0) is 33.0. The maximum absolute atomic E-state index is 5.13. The largest absolute Gasteiger partial charge is 0.350 e. The van der Waals surface area contributed by atoms with E-state index in [2.05, 4.69) is 159 Å². The minimum absolute atomic E-state index is 0.107. The highest BCUT2D eigenvalue weighted by atomic mass is 15.3. The van der Waals surface area contributed by atoms with E-state index >= 15 is 0 Å². The van der Waals surface area contributed by atoms with E-state index in [0.717, 1.165) is 45.1 Å². The summed E-state index contributed by atoms with van der Waals surface area (Å²) in [5, 5.41) is 12.2. The molecule has 50 heavy (non-hydrogen) atoms. The second-order valence-electron chi connectivity index (χ2n) is 12.8. The summed E-state index contributed by atoms with van der Waals surface area (Å²) in [5.41, 5.74) is 8.94. The van der Waals surface area contributed by atoms with Crippen molar-refractivity contribution in [3.05, 3.63) is 187 Å². The van der Waals surface area contributed by atoms with Gasteiger partial charge in [-0.15, -0.1) is 0 Å². The number of aromatic nitrogens is 3. The third-order valence-corrected chi connectivity index (χ3v) is 9.84. The molecular formula is C44H32N6. The fourth-order valence-electron chi connectivity index (χ4n) is 7.51. The molecule has 2 N–H and O–H groups in total. The van der Waals surface area contributed by atoms with Gasteiger partial charge in [0.25, 0.3) is 0 Å². The van der Waals surface area contributed by atoms with Gasteiger partial charge in [-0.2, -0.15) is 0 Å². The van der Waals surface area contributed by atoms with Crippen molar-refractivity contribution >= 4 is 49.4 Å². The maximum atomic E-state index is 5.13. The number of fused-ring (bicyclic) bond motifs is 6. The van der Waals surface area contributed by atoms with E-state index in [9.17, 15) is 0 Å². The molecule has 0 spiro atoms. The normalized spacial score (nSPS) is 16.2. The van der Waals surface area contributed by atoms with Gasteiger partial charge in [-0.3, -0.25) is 9.88 Å². The lowest BCUT2D eigenvalue weighted by Gasteiger charge is -2.32. The summed E-state index contributed by atoms with van der Waals surface area (Å²) in [7, 11) is 0. The van der Waals surface area contributed by atoms with E-state index in [-0.39, 0.29) is 12.3 Å². The lowest BCUT2D eigenvalue weighted by molar-refractivity contribution is 0.408. The van der Waals surface area contributed by atoms with Gasteiger partial charge in [-0.25, -0.2) is 9.98 Å². The first-order valence-corrected chi connectivity index (χ1v) is 17.0. The van der Waals surface area contributed by atoms with Crippen LogP contribution in [-0.4, -0.2) is 20.0 Å². The molecular weight excluding hydrogens is 613 g/mol. The lowest BCUT2D eigenvalue weighted by Crippen LogP contribution is -2.44. The number of aliphatic imine (C=N–C) groups is 1. The molecule has 3 aromatic heterocycles. The third kappa shape index (κ3) is 4.61. The van der Waals surface area contributed by atoms with Gasteiger partial charge in [0.15, 0.2) is 0 Å². The third-order valence-electron chi connectivity index (χ3n) is 9.84. The van der Waals surface area contributed by atoms with E-state index in [4.69, 9.17) is 9.98 Å². The lowest BCUT2D eigenvalue weighted by atomic mass is 10.1. The van der Waals surface area contributed by atoms with Crippen molar-refractivity contribution in [1.29, 1.82) is 0 Å². The Balaban J connectivity index is 1.12. The summed E-state index contributed by atoms with van der Waals surface area (Å²) in [6.07, 6.45) is 1.58. The summed E-state index contributed by atoms with van der Waals surface area (Å²) >= 11 is 0. The topological polar surface area (TPSA) is 59.2 Å². The van der Waals surface area contributed by atoms with Gasteiger partial charge in [0, 0.05) is 44.6 Å². The Hall–Kier alpha value is -6.50. The fourth-order valence-corrected chi connectivity index (χ4v) is 7.51. The van der Waals surface area contributed by atoms with Crippen LogP contribution in [0.1, 0.15) is 29.0 Å². The SMILES string of the molecule is c1ccc(C2=NC(c3ccc(-n4c5ccccc5c5cc6c7ccccc7n(-c7ccccc7)c6cc54)nc3)NC(c3ccccc3)N2)cc1. The fraction of sp³-hybridized carbons (Fsp3) is 0.0455. The van der Waals surface area contributed by atoms with Crippen LogP contribution in [0.5, 0.6) is 0 Å². The number of nitrogens with one attached hydrogen (secondary N) is 2. The highest BCUT2D eigenvalue weighted by Gasteiger charge is 2.26. The summed E-state index contributed by atoms with van der Waals surface area (Å²) in [6.45, 7) is 0. The molecule has 6 aromatic carbocycles. The number of pyridine rings is 1. The number of hydrogen-bond donors (Lipinski definition) is 2. The van der Waals surface area contributed by atoms with Crippen LogP contribution in [0.3, 0.4) is 0 Å². The molecule has 0 radical (unpaired) electrons. The molecule has 0 bridgehead atoms. The van der Waals surface area contributed by atoms with E-state index in [1.807, 2.05) is 30.5 Å². The van der Waals surface area contributed by atoms with Gasteiger partial charge in [0.2, 0.25) is 0 Å². The van der Waals surface area contributed by atoms with Crippen molar-refractivity contribution in [3.8, 4) is 11.5 Å². The quantitative estimate of drug-likeness (QED) is 0.196. The molecule has 0 saturated heterocycles. The Morgan fingerprint density at radius 1 is 0.480 bits per heavy atom. The number of nitrogens with zero attached hydrogens (tertiary/aromatic N) is 4. The average Bonchev–Trinajstić information content (AvgIpc) is 3.70. The van der Waals surface area contributed by atoms with Gasteiger partial charge in [0.05, 0.1) is 22.1 Å². The minimum atomic E-state index is -0.280. The summed E-state index contributed by atoms with van der Waals surface area (Å²) in [6, 6.07) is 57.6. The molecule has 0 saturated carbocycles. The van der Waals surface area contributed by atoms with Crippen LogP contribution in [0.2, 0.25) is 0 Å². The van der Waals surface area contributed by atoms with E-state index in [1.54, 1.807) is 0 Å². The van der Waals surface area contributed by atoms with Gasteiger partial charge < -0.3 is 9.88 Å².